The molecule has 0 aromatic heterocycles. The van der Waals surface area contributed by atoms with Gasteiger partial charge in [-0.05, 0) is 47.0 Å². The van der Waals surface area contributed by atoms with E-state index in [-0.39, 0.29) is 12.5 Å². The van der Waals surface area contributed by atoms with Crippen molar-refractivity contribution in [1.29, 1.82) is 0 Å². The molecule has 0 atom stereocenters. The van der Waals surface area contributed by atoms with Crippen molar-refractivity contribution in [3.63, 3.8) is 0 Å². The second kappa shape index (κ2) is 6.68. The van der Waals surface area contributed by atoms with Gasteiger partial charge in [-0.3, -0.25) is 4.79 Å². The fourth-order valence-corrected chi connectivity index (χ4v) is 2.30. The third-order valence-corrected chi connectivity index (χ3v) is 4.25. The van der Waals surface area contributed by atoms with Crippen LogP contribution < -0.4 is 5.32 Å². The minimum absolute atomic E-state index is 0.191. The molecule has 0 heterocycles. The van der Waals surface area contributed by atoms with Crippen LogP contribution in [0, 0.1) is 0 Å². The number of halogens is 2. The molecule has 1 aromatic carbocycles. The molecule has 1 aromatic rings. The van der Waals surface area contributed by atoms with Crippen molar-refractivity contribution in [2.24, 2.45) is 0 Å². The number of nitrogens with one attached hydrogen (secondary N) is 1. The topological polar surface area (TPSA) is 49.3 Å². The summed E-state index contributed by atoms with van der Waals surface area (Å²) >= 11 is 6.67. The van der Waals surface area contributed by atoms with E-state index in [0.717, 1.165) is 8.95 Å². The van der Waals surface area contributed by atoms with Gasteiger partial charge in [-0.1, -0.05) is 29.8 Å². The van der Waals surface area contributed by atoms with Crippen LogP contribution in [0.1, 0.15) is 37.0 Å². The Kier molecular flexibility index (Phi) is 5.82. The van der Waals surface area contributed by atoms with Crippen molar-refractivity contribution in [3.8, 4) is 0 Å². The normalized spacial score (nSPS) is 11.4. The molecule has 0 radical (unpaired) electrons. The fourth-order valence-electron chi connectivity index (χ4n) is 1.51. The Bertz CT molecular complexity index is 431. The molecule has 0 unspecified atom stereocenters. The van der Waals surface area contributed by atoms with Crippen molar-refractivity contribution >= 4 is 37.8 Å². The molecule has 5 heteroatoms. The lowest BCUT2D eigenvalue weighted by molar-refractivity contribution is 0.0314. The zero-order valence-electron chi connectivity index (χ0n) is 10.5. The van der Waals surface area contributed by atoms with Crippen molar-refractivity contribution in [1.82, 2.24) is 5.32 Å². The van der Waals surface area contributed by atoms with Gasteiger partial charge in [0.25, 0.3) is 5.91 Å². The minimum Gasteiger partial charge on any atom is -0.388 e. The Morgan fingerprint density at radius 3 is 2.50 bits per heavy atom. The van der Waals surface area contributed by atoms with E-state index in [9.17, 15) is 9.90 Å². The lowest BCUT2D eigenvalue weighted by Gasteiger charge is -2.25. The molecule has 0 aliphatic rings. The largest absolute Gasteiger partial charge is 0.388 e. The number of amides is 1. The van der Waals surface area contributed by atoms with Gasteiger partial charge in [0.1, 0.15) is 0 Å². The van der Waals surface area contributed by atoms with E-state index >= 15 is 0 Å². The number of aliphatic hydroxyl groups is 1. The van der Waals surface area contributed by atoms with Gasteiger partial charge in [-0.15, -0.1) is 0 Å². The highest BCUT2D eigenvalue weighted by atomic mass is 79.9. The Labute approximate surface area is 124 Å². The van der Waals surface area contributed by atoms with Gasteiger partial charge >= 0.3 is 0 Å². The van der Waals surface area contributed by atoms with Crippen LogP contribution in [0.15, 0.2) is 27.1 Å². The van der Waals surface area contributed by atoms with Crippen LogP contribution in [0.4, 0.5) is 0 Å². The van der Waals surface area contributed by atoms with Gasteiger partial charge in [-0.25, -0.2) is 0 Å². The highest BCUT2D eigenvalue weighted by Crippen LogP contribution is 2.22. The smallest absolute Gasteiger partial charge is 0.252 e. The maximum absolute atomic E-state index is 12.0. The first-order chi connectivity index (χ1) is 8.41. The maximum atomic E-state index is 12.0. The van der Waals surface area contributed by atoms with Crippen LogP contribution in [0.25, 0.3) is 0 Å². The van der Waals surface area contributed by atoms with Gasteiger partial charge < -0.3 is 10.4 Å². The fraction of sp³-hybridized carbons (Fsp3) is 0.462. The van der Waals surface area contributed by atoms with Crippen molar-refractivity contribution in [2.45, 2.75) is 32.3 Å². The molecule has 2 N–H and O–H groups in total. The van der Waals surface area contributed by atoms with Gasteiger partial charge in [0.15, 0.2) is 0 Å². The first-order valence-corrected chi connectivity index (χ1v) is 7.46. The number of hydrogen-bond acceptors (Lipinski definition) is 2. The van der Waals surface area contributed by atoms with Crippen molar-refractivity contribution in [2.75, 3.05) is 6.54 Å². The molecule has 0 bridgehead atoms. The monoisotopic (exact) mass is 377 g/mol. The average Bonchev–Trinajstić information content (AvgIpc) is 2.38. The summed E-state index contributed by atoms with van der Waals surface area (Å²) in [4.78, 5) is 12.0. The quantitative estimate of drug-likeness (QED) is 0.823. The van der Waals surface area contributed by atoms with Crippen LogP contribution in [-0.2, 0) is 0 Å². The number of carbonyl (C=O) groups is 1. The molecule has 100 valence electrons. The molecule has 3 nitrogen and oxygen atoms in total. The predicted octanol–water partition coefficient (Wildman–Crippen LogP) is 3.49. The molecule has 0 saturated carbocycles. The van der Waals surface area contributed by atoms with Gasteiger partial charge in [0, 0.05) is 15.5 Å². The molecule has 0 fully saturated rings. The van der Waals surface area contributed by atoms with E-state index in [0.29, 0.717) is 18.4 Å². The average molecular weight is 379 g/mol. The zero-order chi connectivity index (χ0) is 13.8. The first-order valence-electron chi connectivity index (χ1n) is 5.87. The molecule has 1 amide bonds. The van der Waals surface area contributed by atoms with Gasteiger partial charge in [0.05, 0.1) is 11.2 Å². The first kappa shape index (κ1) is 15.7. The van der Waals surface area contributed by atoms with Crippen molar-refractivity contribution in [3.05, 3.63) is 32.7 Å². The molecular formula is C13H17Br2NO2. The SMILES string of the molecule is CCC(O)(CC)CNC(=O)c1cc(Br)ccc1Br. The summed E-state index contributed by atoms with van der Waals surface area (Å²) in [5.74, 6) is -0.191. The van der Waals surface area contributed by atoms with Gasteiger partial charge in [-0.2, -0.15) is 0 Å². The Morgan fingerprint density at radius 2 is 1.94 bits per heavy atom. The van der Waals surface area contributed by atoms with Crippen LogP contribution in [0.3, 0.4) is 0 Å². The van der Waals surface area contributed by atoms with E-state index in [1.54, 1.807) is 6.07 Å². The van der Waals surface area contributed by atoms with Crippen LogP contribution in [0.5, 0.6) is 0 Å². The summed E-state index contributed by atoms with van der Waals surface area (Å²) in [5.41, 5.74) is -0.271. The highest BCUT2D eigenvalue weighted by Gasteiger charge is 2.23. The third-order valence-electron chi connectivity index (χ3n) is 3.07. The molecule has 18 heavy (non-hydrogen) atoms. The summed E-state index contributed by atoms with van der Waals surface area (Å²) < 4.78 is 1.58. The van der Waals surface area contributed by atoms with Crippen molar-refractivity contribution < 1.29 is 9.90 Å². The summed E-state index contributed by atoms with van der Waals surface area (Å²) in [5, 5.41) is 12.9. The summed E-state index contributed by atoms with van der Waals surface area (Å²) in [6.07, 6.45) is 1.23. The third kappa shape index (κ3) is 4.07. The summed E-state index contributed by atoms with van der Waals surface area (Å²) in [6, 6.07) is 5.41. The molecule has 0 aliphatic carbocycles. The van der Waals surface area contributed by atoms with Crippen LogP contribution >= 0.6 is 31.9 Å². The number of carbonyl (C=O) groups excluding carboxylic acids is 1. The van der Waals surface area contributed by atoms with Crippen LogP contribution in [-0.4, -0.2) is 23.2 Å². The number of benzene rings is 1. The summed E-state index contributed by atoms with van der Waals surface area (Å²) in [6.45, 7) is 4.08. The Morgan fingerprint density at radius 1 is 1.33 bits per heavy atom. The van der Waals surface area contributed by atoms with E-state index in [1.165, 1.54) is 0 Å². The Hall–Kier alpha value is -0.390. The van der Waals surface area contributed by atoms with Gasteiger partial charge in [0.2, 0.25) is 0 Å². The molecule has 0 spiro atoms. The second-order valence-electron chi connectivity index (χ2n) is 4.24. The standard InChI is InChI=1S/C13H17Br2NO2/c1-3-13(18,4-2)8-16-12(17)10-7-9(14)5-6-11(10)15/h5-7,18H,3-4,8H2,1-2H3,(H,16,17). The molecule has 0 aliphatic heterocycles. The predicted molar refractivity (Wildman–Crippen MR) is 79.7 cm³/mol. The lowest BCUT2D eigenvalue weighted by Crippen LogP contribution is -2.42. The number of hydrogen-bond donors (Lipinski definition) is 2. The second-order valence-corrected chi connectivity index (χ2v) is 6.01. The maximum Gasteiger partial charge on any atom is 0.252 e. The van der Waals surface area contributed by atoms with E-state index < -0.39 is 5.60 Å². The molecule has 1 rings (SSSR count). The number of rotatable bonds is 5. The highest BCUT2D eigenvalue weighted by molar-refractivity contribution is 9.11. The van der Waals surface area contributed by atoms with E-state index in [4.69, 9.17) is 0 Å². The lowest BCUT2D eigenvalue weighted by atomic mass is 9.97. The summed E-state index contributed by atoms with van der Waals surface area (Å²) in [7, 11) is 0. The zero-order valence-corrected chi connectivity index (χ0v) is 13.6. The van der Waals surface area contributed by atoms with E-state index in [1.807, 2.05) is 26.0 Å². The molecule has 0 saturated heterocycles. The van der Waals surface area contributed by atoms with E-state index in [2.05, 4.69) is 37.2 Å². The Balaban J connectivity index is 2.74. The minimum atomic E-state index is -0.825. The molecular weight excluding hydrogens is 362 g/mol. The van der Waals surface area contributed by atoms with Crippen LogP contribution in [0.2, 0.25) is 0 Å².